The highest BCUT2D eigenvalue weighted by molar-refractivity contribution is 5.30. The molecule has 1 atom stereocenters. The molecule has 0 saturated carbocycles. The van der Waals surface area contributed by atoms with E-state index in [9.17, 15) is 0 Å². The summed E-state index contributed by atoms with van der Waals surface area (Å²) in [4.78, 5) is 0. The number of benzene rings is 1. The molecular formula is C14H23N. The van der Waals surface area contributed by atoms with Crippen molar-refractivity contribution in [1.29, 1.82) is 0 Å². The van der Waals surface area contributed by atoms with Crippen LogP contribution >= 0.6 is 0 Å². The average Bonchev–Trinajstić information content (AvgIpc) is 2.28. The second-order valence-electron chi connectivity index (χ2n) is 5.02. The molecule has 1 unspecified atom stereocenters. The number of nitrogens with two attached hydrogens (primary N) is 1. The van der Waals surface area contributed by atoms with Crippen molar-refractivity contribution in [2.45, 2.75) is 45.4 Å². The molecule has 0 heterocycles. The number of hydrogen-bond donors (Lipinski definition) is 1. The second-order valence-corrected chi connectivity index (χ2v) is 5.02. The molecule has 0 aliphatic carbocycles. The van der Waals surface area contributed by atoms with E-state index in [1.54, 1.807) is 0 Å². The van der Waals surface area contributed by atoms with Crippen molar-refractivity contribution in [3.63, 3.8) is 0 Å². The first-order chi connectivity index (χ1) is 7.01. The highest BCUT2D eigenvalue weighted by Gasteiger charge is 2.18. The van der Waals surface area contributed by atoms with E-state index in [0.29, 0.717) is 12.5 Å². The van der Waals surface area contributed by atoms with Crippen molar-refractivity contribution in [1.82, 2.24) is 0 Å². The molecule has 1 aromatic carbocycles. The Balaban J connectivity index is 2.90. The van der Waals surface area contributed by atoms with Crippen molar-refractivity contribution in [2.24, 2.45) is 5.73 Å². The second kappa shape index (κ2) is 4.80. The molecule has 0 bridgehead atoms. The smallest absolute Gasteiger partial charge is 0.00190 e. The summed E-state index contributed by atoms with van der Waals surface area (Å²) < 4.78 is 0. The highest BCUT2D eigenvalue weighted by atomic mass is 14.6. The quantitative estimate of drug-likeness (QED) is 0.800. The van der Waals surface area contributed by atoms with Gasteiger partial charge < -0.3 is 5.73 Å². The number of rotatable bonds is 4. The Bertz CT molecular complexity index is 298. The van der Waals surface area contributed by atoms with Gasteiger partial charge in [-0.2, -0.15) is 0 Å². The first-order valence-corrected chi connectivity index (χ1v) is 5.81. The monoisotopic (exact) mass is 205 g/mol. The Morgan fingerprint density at radius 2 is 1.73 bits per heavy atom. The molecule has 0 amide bonds. The van der Waals surface area contributed by atoms with Crippen molar-refractivity contribution >= 4 is 0 Å². The highest BCUT2D eigenvalue weighted by Crippen LogP contribution is 2.25. The molecule has 15 heavy (non-hydrogen) atoms. The van der Waals surface area contributed by atoms with Crippen LogP contribution in [0.25, 0.3) is 0 Å². The summed E-state index contributed by atoms with van der Waals surface area (Å²) in [5.74, 6) is 0.653. The Kier molecular flexibility index (Phi) is 3.92. The van der Waals surface area contributed by atoms with E-state index in [-0.39, 0.29) is 5.41 Å². The zero-order valence-electron chi connectivity index (χ0n) is 10.4. The summed E-state index contributed by atoms with van der Waals surface area (Å²) >= 11 is 0. The van der Waals surface area contributed by atoms with Gasteiger partial charge in [0, 0.05) is 12.0 Å². The lowest BCUT2D eigenvalue weighted by Crippen LogP contribution is -2.27. The van der Waals surface area contributed by atoms with Crippen LogP contribution in [-0.2, 0) is 5.41 Å². The van der Waals surface area contributed by atoms with Gasteiger partial charge in [-0.25, -0.2) is 0 Å². The minimum Gasteiger partial charge on any atom is -0.330 e. The lowest BCUT2D eigenvalue weighted by molar-refractivity contribution is 0.538. The molecule has 2 N–H and O–H groups in total. The average molecular weight is 205 g/mol. The third kappa shape index (κ3) is 2.82. The molecule has 0 aliphatic rings. The van der Waals surface area contributed by atoms with Gasteiger partial charge in [-0.05, 0) is 23.5 Å². The molecular weight excluding hydrogens is 182 g/mol. The van der Waals surface area contributed by atoms with Crippen LogP contribution in [-0.4, -0.2) is 6.54 Å². The van der Waals surface area contributed by atoms with Gasteiger partial charge in [-0.3, -0.25) is 0 Å². The van der Waals surface area contributed by atoms with Gasteiger partial charge >= 0.3 is 0 Å². The zero-order chi connectivity index (χ0) is 11.5. The van der Waals surface area contributed by atoms with E-state index in [0.717, 1.165) is 0 Å². The maximum atomic E-state index is 5.76. The normalized spacial score (nSPS) is 13.9. The summed E-state index contributed by atoms with van der Waals surface area (Å²) in [6.07, 6.45) is 1.19. The van der Waals surface area contributed by atoms with Gasteiger partial charge in [0.05, 0.1) is 0 Å². The Labute approximate surface area is 93.7 Å². The third-order valence-electron chi connectivity index (χ3n) is 3.38. The molecule has 1 rings (SSSR count). The number of hydrogen-bond acceptors (Lipinski definition) is 1. The largest absolute Gasteiger partial charge is 0.330 e. The van der Waals surface area contributed by atoms with Crippen LogP contribution in [0.1, 0.15) is 51.2 Å². The summed E-state index contributed by atoms with van der Waals surface area (Å²) in [7, 11) is 0. The third-order valence-corrected chi connectivity index (χ3v) is 3.38. The molecule has 1 aromatic rings. The first-order valence-electron chi connectivity index (χ1n) is 5.81. The fraction of sp³-hybridized carbons (Fsp3) is 0.571. The van der Waals surface area contributed by atoms with E-state index in [4.69, 9.17) is 5.73 Å². The molecule has 0 saturated heterocycles. The molecule has 0 radical (unpaired) electrons. The lowest BCUT2D eigenvalue weighted by Gasteiger charge is -2.23. The first kappa shape index (κ1) is 12.3. The predicted molar refractivity (Wildman–Crippen MR) is 67.2 cm³/mol. The summed E-state index contributed by atoms with van der Waals surface area (Å²) in [6.45, 7) is 9.55. The lowest BCUT2D eigenvalue weighted by atomic mass is 9.83. The minimum atomic E-state index is 0.0913. The Morgan fingerprint density at radius 3 is 2.13 bits per heavy atom. The van der Waals surface area contributed by atoms with E-state index in [2.05, 4.69) is 52.0 Å². The van der Waals surface area contributed by atoms with Crippen LogP contribution in [0.4, 0.5) is 0 Å². The van der Waals surface area contributed by atoms with Gasteiger partial charge in [0.15, 0.2) is 0 Å². The Hall–Kier alpha value is -0.820. The summed E-state index contributed by atoms with van der Waals surface area (Å²) in [6, 6.07) is 8.91. The standard InChI is InChI=1S/C14H23N/c1-5-11(2)12-6-8-13(9-7-12)14(3,4)10-15/h6-9,11H,5,10,15H2,1-4H3. The van der Waals surface area contributed by atoms with Gasteiger partial charge in [0.1, 0.15) is 0 Å². The topological polar surface area (TPSA) is 26.0 Å². The minimum absolute atomic E-state index is 0.0913. The van der Waals surface area contributed by atoms with Crippen molar-refractivity contribution in [3.8, 4) is 0 Å². The van der Waals surface area contributed by atoms with Crippen LogP contribution in [0.2, 0.25) is 0 Å². The summed E-state index contributed by atoms with van der Waals surface area (Å²) in [5.41, 5.74) is 8.61. The van der Waals surface area contributed by atoms with E-state index < -0.39 is 0 Å². The molecule has 0 spiro atoms. The van der Waals surface area contributed by atoms with Crippen molar-refractivity contribution in [3.05, 3.63) is 35.4 Å². The van der Waals surface area contributed by atoms with E-state index >= 15 is 0 Å². The summed E-state index contributed by atoms with van der Waals surface area (Å²) in [5, 5.41) is 0. The van der Waals surface area contributed by atoms with Gasteiger partial charge in [0.25, 0.3) is 0 Å². The fourth-order valence-corrected chi connectivity index (χ4v) is 1.62. The van der Waals surface area contributed by atoms with Crippen LogP contribution < -0.4 is 5.73 Å². The molecule has 0 aromatic heterocycles. The maximum absolute atomic E-state index is 5.76. The van der Waals surface area contributed by atoms with Crippen LogP contribution in [0, 0.1) is 0 Å². The van der Waals surface area contributed by atoms with Crippen molar-refractivity contribution in [2.75, 3.05) is 6.54 Å². The van der Waals surface area contributed by atoms with Crippen LogP contribution in [0.5, 0.6) is 0 Å². The fourth-order valence-electron chi connectivity index (χ4n) is 1.62. The maximum Gasteiger partial charge on any atom is 0.00190 e. The van der Waals surface area contributed by atoms with E-state index in [1.165, 1.54) is 17.5 Å². The van der Waals surface area contributed by atoms with Crippen molar-refractivity contribution < 1.29 is 0 Å². The van der Waals surface area contributed by atoms with Crippen LogP contribution in [0.3, 0.4) is 0 Å². The van der Waals surface area contributed by atoms with Crippen LogP contribution in [0.15, 0.2) is 24.3 Å². The predicted octanol–water partition coefficient (Wildman–Crippen LogP) is 3.44. The molecule has 0 aliphatic heterocycles. The van der Waals surface area contributed by atoms with Gasteiger partial charge in [-0.15, -0.1) is 0 Å². The molecule has 84 valence electrons. The molecule has 1 heteroatoms. The zero-order valence-corrected chi connectivity index (χ0v) is 10.4. The van der Waals surface area contributed by atoms with E-state index in [1.807, 2.05) is 0 Å². The van der Waals surface area contributed by atoms with Gasteiger partial charge in [0.2, 0.25) is 0 Å². The SMILES string of the molecule is CCC(C)c1ccc(C(C)(C)CN)cc1. The molecule has 0 fully saturated rings. The Morgan fingerprint density at radius 1 is 1.20 bits per heavy atom. The molecule has 1 nitrogen and oxygen atoms in total. The van der Waals surface area contributed by atoms with Gasteiger partial charge in [-0.1, -0.05) is 52.0 Å².